The van der Waals surface area contributed by atoms with E-state index in [0.717, 1.165) is 29.7 Å². The van der Waals surface area contributed by atoms with Crippen molar-refractivity contribution in [1.82, 2.24) is 24.8 Å². The number of nitrogens with zero attached hydrogens (tertiary/aromatic N) is 4. The predicted molar refractivity (Wildman–Crippen MR) is 129 cm³/mol. The summed E-state index contributed by atoms with van der Waals surface area (Å²) in [4.78, 5) is 31.4. The van der Waals surface area contributed by atoms with E-state index in [1.54, 1.807) is 23.1 Å². The average Bonchev–Trinajstić information content (AvgIpc) is 3.45. The zero-order valence-electron chi connectivity index (χ0n) is 17.8. The Balaban J connectivity index is 1.45. The molecule has 10 heteroatoms. The van der Waals surface area contributed by atoms with Gasteiger partial charge in [0.1, 0.15) is 18.0 Å². The van der Waals surface area contributed by atoms with E-state index in [2.05, 4.69) is 25.3 Å². The van der Waals surface area contributed by atoms with E-state index >= 15 is 0 Å². The molecule has 1 saturated heterocycles. The molecule has 1 aliphatic rings. The van der Waals surface area contributed by atoms with Crippen LogP contribution in [0.5, 0.6) is 0 Å². The molecule has 0 aliphatic carbocycles. The molecule has 2 atom stereocenters. The molecule has 2 aromatic heterocycles. The third-order valence-corrected chi connectivity index (χ3v) is 6.58. The average molecular weight is 485 g/mol. The number of H-pyrrole nitrogens is 1. The molecule has 1 aliphatic heterocycles. The number of aromatic nitrogens is 4. The van der Waals surface area contributed by atoms with Crippen molar-refractivity contribution in [3.05, 3.63) is 58.1 Å². The van der Waals surface area contributed by atoms with Gasteiger partial charge in [0.05, 0.1) is 45.8 Å². The third kappa shape index (κ3) is 4.10. The molecule has 3 heterocycles. The molecule has 0 saturated carbocycles. The number of amides is 1. The number of rotatable bonds is 5. The van der Waals surface area contributed by atoms with Crippen LogP contribution in [0.4, 0.5) is 5.82 Å². The molecule has 5 rings (SSSR count). The van der Waals surface area contributed by atoms with Gasteiger partial charge in [0.25, 0.3) is 5.91 Å². The lowest BCUT2D eigenvalue weighted by atomic mass is 10.1. The van der Waals surface area contributed by atoms with Gasteiger partial charge in [0, 0.05) is 17.0 Å². The number of anilines is 1. The van der Waals surface area contributed by atoms with Crippen LogP contribution in [0.3, 0.4) is 0 Å². The fourth-order valence-corrected chi connectivity index (χ4v) is 4.70. The molecule has 0 spiro atoms. The number of halogens is 2. The van der Waals surface area contributed by atoms with E-state index in [-0.39, 0.29) is 24.6 Å². The number of hydrogen-bond donors (Lipinski definition) is 3. The highest BCUT2D eigenvalue weighted by molar-refractivity contribution is 6.35. The van der Waals surface area contributed by atoms with Gasteiger partial charge in [-0.15, -0.1) is 0 Å². The van der Waals surface area contributed by atoms with Crippen LogP contribution in [-0.4, -0.2) is 55.0 Å². The van der Waals surface area contributed by atoms with E-state index in [4.69, 9.17) is 23.2 Å². The smallest absolute Gasteiger partial charge is 0.255 e. The minimum atomic E-state index is -0.194. The Morgan fingerprint density at radius 3 is 2.94 bits per heavy atom. The molecule has 2 aromatic carbocycles. The van der Waals surface area contributed by atoms with Crippen LogP contribution >= 0.6 is 23.2 Å². The summed E-state index contributed by atoms with van der Waals surface area (Å²) in [5.41, 5.74) is 2.65. The lowest BCUT2D eigenvalue weighted by molar-refractivity contribution is 0.0678. The number of aromatic amines is 1. The number of hydrogen-bond acceptors (Lipinski definition) is 6. The molecule has 170 valence electrons. The van der Waals surface area contributed by atoms with Crippen LogP contribution in [0.25, 0.3) is 21.9 Å². The highest BCUT2D eigenvalue weighted by Gasteiger charge is 2.30. The van der Waals surface area contributed by atoms with Crippen LogP contribution in [0.15, 0.2) is 36.7 Å². The number of carbonyl (C=O) groups is 1. The standard InChI is InChI=1S/C23H22Cl2N6O2/c1-12(21-29-18-5-4-13(24)7-20(18)30-21)28-22-16-8-17(25)15(9-19(16)26-11-27-22)23(33)31-6-2-3-14(31)10-32/h4-5,7-9,11-12,14,32H,2-3,6,10H2,1H3,(H,29,30)(H,26,27,28)/t12-,14+/m0/s1. The first-order chi connectivity index (χ1) is 15.9. The summed E-state index contributed by atoms with van der Waals surface area (Å²) in [7, 11) is 0. The molecule has 8 nitrogen and oxygen atoms in total. The Kier molecular flexibility index (Phi) is 5.82. The lowest BCUT2D eigenvalue weighted by Crippen LogP contribution is -2.37. The van der Waals surface area contributed by atoms with Gasteiger partial charge in [-0.25, -0.2) is 15.0 Å². The van der Waals surface area contributed by atoms with Gasteiger partial charge < -0.3 is 20.3 Å². The van der Waals surface area contributed by atoms with Crippen LogP contribution in [-0.2, 0) is 0 Å². The summed E-state index contributed by atoms with van der Waals surface area (Å²) in [6.07, 6.45) is 3.10. The summed E-state index contributed by atoms with van der Waals surface area (Å²) in [5.74, 6) is 1.13. The van der Waals surface area contributed by atoms with Crippen LogP contribution in [0.2, 0.25) is 10.0 Å². The summed E-state index contributed by atoms with van der Waals surface area (Å²) in [6, 6.07) is 8.53. The molecular weight excluding hydrogens is 463 g/mol. The number of fused-ring (bicyclic) bond motifs is 2. The first-order valence-corrected chi connectivity index (χ1v) is 11.5. The fourth-order valence-electron chi connectivity index (χ4n) is 4.28. The summed E-state index contributed by atoms with van der Waals surface area (Å²) in [6.45, 7) is 2.52. The van der Waals surface area contributed by atoms with Crippen molar-refractivity contribution < 1.29 is 9.90 Å². The zero-order chi connectivity index (χ0) is 23.1. The van der Waals surface area contributed by atoms with Crippen molar-refractivity contribution in [2.24, 2.45) is 0 Å². The largest absolute Gasteiger partial charge is 0.394 e. The van der Waals surface area contributed by atoms with Crippen LogP contribution in [0, 0.1) is 0 Å². The highest BCUT2D eigenvalue weighted by atomic mass is 35.5. The normalized spacial score (nSPS) is 17.1. The van der Waals surface area contributed by atoms with E-state index in [1.807, 2.05) is 19.1 Å². The molecule has 0 radical (unpaired) electrons. The van der Waals surface area contributed by atoms with Crippen molar-refractivity contribution in [3.63, 3.8) is 0 Å². The minimum absolute atomic E-state index is 0.0565. The van der Waals surface area contributed by atoms with Gasteiger partial charge in [-0.05, 0) is 50.1 Å². The molecule has 0 unspecified atom stereocenters. The Hall–Kier alpha value is -2.94. The minimum Gasteiger partial charge on any atom is -0.394 e. The molecule has 1 fully saturated rings. The Morgan fingerprint density at radius 1 is 1.27 bits per heavy atom. The quantitative estimate of drug-likeness (QED) is 0.382. The first-order valence-electron chi connectivity index (χ1n) is 10.7. The number of likely N-dealkylation sites (tertiary alicyclic amines) is 1. The van der Waals surface area contributed by atoms with E-state index in [9.17, 15) is 9.90 Å². The molecule has 4 aromatic rings. The Labute approximate surface area is 200 Å². The zero-order valence-corrected chi connectivity index (χ0v) is 19.4. The molecule has 3 N–H and O–H groups in total. The van der Waals surface area contributed by atoms with E-state index in [1.165, 1.54) is 6.33 Å². The van der Waals surface area contributed by atoms with Crippen molar-refractivity contribution in [2.45, 2.75) is 31.8 Å². The van der Waals surface area contributed by atoms with Gasteiger partial charge in [0.2, 0.25) is 0 Å². The van der Waals surface area contributed by atoms with Crippen molar-refractivity contribution in [2.75, 3.05) is 18.5 Å². The number of aliphatic hydroxyl groups is 1. The number of benzene rings is 2. The second-order valence-electron chi connectivity index (χ2n) is 8.20. The van der Waals surface area contributed by atoms with E-state index < -0.39 is 0 Å². The van der Waals surface area contributed by atoms with Gasteiger partial charge in [-0.3, -0.25) is 4.79 Å². The van der Waals surface area contributed by atoms with Crippen LogP contribution < -0.4 is 5.32 Å². The van der Waals surface area contributed by atoms with E-state index in [0.29, 0.717) is 38.9 Å². The molecule has 1 amide bonds. The highest BCUT2D eigenvalue weighted by Crippen LogP contribution is 2.31. The predicted octanol–water partition coefficient (Wildman–Crippen LogP) is 4.58. The SMILES string of the molecule is C[C@H](Nc1ncnc2cc(C(=O)N3CCC[C@@H]3CO)c(Cl)cc12)c1nc2ccc(Cl)cc2[nH]1. The maximum absolute atomic E-state index is 13.1. The van der Waals surface area contributed by atoms with Crippen LogP contribution in [0.1, 0.15) is 42.0 Å². The number of nitrogens with one attached hydrogen (secondary N) is 2. The third-order valence-electron chi connectivity index (χ3n) is 6.03. The first kappa shape index (κ1) is 21.9. The second kappa shape index (κ2) is 8.78. The molecular formula is C23H22Cl2N6O2. The van der Waals surface area contributed by atoms with Gasteiger partial charge >= 0.3 is 0 Å². The maximum Gasteiger partial charge on any atom is 0.255 e. The monoisotopic (exact) mass is 484 g/mol. The maximum atomic E-state index is 13.1. The van der Waals surface area contributed by atoms with Gasteiger partial charge in [-0.1, -0.05) is 23.2 Å². The fraction of sp³-hybridized carbons (Fsp3) is 0.304. The van der Waals surface area contributed by atoms with Gasteiger partial charge in [-0.2, -0.15) is 0 Å². The Morgan fingerprint density at radius 2 is 2.12 bits per heavy atom. The molecule has 33 heavy (non-hydrogen) atoms. The van der Waals surface area contributed by atoms with Crippen molar-refractivity contribution >= 4 is 56.9 Å². The summed E-state index contributed by atoms with van der Waals surface area (Å²) >= 11 is 12.6. The number of aliphatic hydroxyl groups excluding tert-OH is 1. The number of imidazole rings is 1. The van der Waals surface area contributed by atoms with Crippen molar-refractivity contribution in [1.29, 1.82) is 0 Å². The topological polar surface area (TPSA) is 107 Å². The van der Waals surface area contributed by atoms with Gasteiger partial charge in [0.15, 0.2) is 0 Å². The number of carbonyl (C=O) groups excluding carboxylic acids is 1. The van der Waals surface area contributed by atoms with Crippen molar-refractivity contribution in [3.8, 4) is 0 Å². The summed E-state index contributed by atoms with van der Waals surface area (Å²) < 4.78 is 0. The second-order valence-corrected chi connectivity index (χ2v) is 9.04. The molecule has 0 bridgehead atoms. The lowest BCUT2D eigenvalue weighted by Gasteiger charge is -2.23. The Bertz CT molecular complexity index is 1360. The summed E-state index contributed by atoms with van der Waals surface area (Å²) in [5, 5.41) is 14.6.